The van der Waals surface area contributed by atoms with Crippen LogP contribution in [0.4, 0.5) is 0 Å². The van der Waals surface area contributed by atoms with Gasteiger partial charge >= 0.3 is 0 Å². The fourth-order valence-corrected chi connectivity index (χ4v) is 2.05. The summed E-state index contributed by atoms with van der Waals surface area (Å²) in [7, 11) is 0. The van der Waals surface area contributed by atoms with Crippen molar-refractivity contribution in [3.05, 3.63) is 71.3 Å². The van der Waals surface area contributed by atoms with Crippen LogP contribution in [0.15, 0.2) is 59.6 Å². The van der Waals surface area contributed by atoms with Crippen molar-refractivity contribution in [1.82, 2.24) is 0 Å². The van der Waals surface area contributed by atoms with Crippen molar-refractivity contribution >= 4 is 5.71 Å². The lowest BCUT2D eigenvalue weighted by Gasteiger charge is -2.13. The standard InChI is InChI=1S/C18H21N/c1-4-15(3)19-18(16-11-6-5-7-12-16)17-13-9-8-10-14(17)2/h5-13,15H,4H2,1-3H3/t15-/m1/s1. The van der Waals surface area contributed by atoms with Gasteiger partial charge in [-0.05, 0) is 25.8 Å². The molecule has 0 aliphatic rings. The molecule has 0 bridgehead atoms. The van der Waals surface area contributed by atoms with Gasteiger partial charge in [0.1, 0.15) is 0 Å². The molecule has 0 unspecified atom stereocenters. The third-order valence-electron chi connectivity index (χ3n) is 3.39. The smallest absolute Gasteiger partial charge is 0.0724 e. The fraction of sp³-hybridized carbons (Fsp3) is 0.278. The molecule has 2 aromatic carbocycles. The average molecular weight is 251 g/mol. The van der Waals surface area contributed by atoms with Crippen LogP contribution in [0.2, 0.25) is 0 Å². The van der Waals surface area contributed by atoms with E-state index >= 15 is 0 Å². The monoisotopic (exact) mass is 251 g/mol. The lowest BCUT2D eigenvalue weighted by molar-refractivity contribution is 0.717. The van der Waals surface area contributed by atoms with E-state index < -0.39 is 0 Å². The summed E-state index contributed by atoms with van der Waals surface area (Å²) in [6.07, 6.45) is 1.06. The van der Waals surface area contributed by atoms with Crippen LogP contribution in [-0.2, 0) is 0 Å². The maximum Gasteiger partial charge on any atom is 0.0724 e. The summed E-state index contributed by atoms with van der Waals surface area (Å²) >= 11 is 0. The van der Waals surface area contributed by atoms with Gasteiger partial charge in [-0.15, -0.1) is 0 Å². The second-order valence-corrected chi connectivity index (χ2v) is 4.92. The van der Waals surface area contributed by atoms with Gasteiger partial charge in [0.15, 0.2) is 0 Å². The Morgan fingerprint density at radius 1 is 1.00 bits per heavy atom. The molecule has 0 fully saturated rings. The Kier molecular flexibility index (Phi) is 4.51. The van der Waals surface area contributed by atoms with Crippen molar-refractivity contribution < 1.29 is 0 Å². The SMILES string of the molecule is CC[C@@H](C)N=C(c1ccccc1)c1ccccc1C. The van der Waals surface area contributed by atoms with Crippen LogP contribution < -0.4 is 0 Å². The lowest BCUT2D eigenvalue weighted by atomic mass is 9.98. The van der Waals surface area contributed by atoms with Crippen molar-refractivity contribution in [2.24, 2.45) is 4.99 Å². The highest BCUT2D eigenvalue weighted by atomic mass is 14.8. The van der Waals surface area contributed by atoms with Crippen LogP contribution >= 0.6 is 0 Å². The summed E-state index contributed by atoms with van der Waals surface area (Å²) in [6.45, 7) is 6.49. The first-order valence-electron chi connectivity index (χ1n) is 6.91. The van der Waals surface area contributed by atoms with E-state index in [1.54, 1.807) is 0 Å². The van der Waals surface area contributed by atoms with Crippen molar-refractivity contribution in [2.75, 3.05) is 0 Å². The molecule has 1 atom stereocenters. The number of aliphatic imine (C=N–C) groups is 1. The molecule has 19 heavy (non-hydrogen) atoms. The summed E-state index contributed by atoms with van der Waals surface area (Å²) in [5, 5.41) is 0. The fourth-order valence-electron chi connectivity index (χ4n) is 2.05. The van der Waals surface area contributed by atoms with Crippen LogP contribution in [0.3, 0.4) is 0 Å². The quantitative estimate of drug-likeness (QED) is 0.702. The van der Waals surface area contributed by atoms with E-state index in [0.717, 1.165) is 12.1 Å². The van der Waals surface area contributed by atoms with Crippen LogP contribution in [0.25, 0.3) is 0 Å². The number of aryl methyl sites for hydroxylation is 1. The molecule has 0 amide bonds. The third kappa shape index (κ3) is 3.31. The highest BCUT2D eigenvalue weighted by Crippen LogP contribution is 2.16. The predicted octanol–water partition coefficient (Wildman–Crippen LogP) is 4.63. The Morgan fingerprint density at radius 2 is 1.63 bits per heavy atom. The van der Waals surface area contributed by atoms with Gasteiger partial charge in [0.2, 0.25) is 0 Å². The molecule has 1 nitrogen and oxygen atoms in total. The summed E-state index contributed by atoms with van der Waals surface area (Å²) in [5.41, 5.74) is 4.80. The second-order valence-electron chi connectivity index (χ2n) is 4.92. The first-order chi connectivity index (χ1) is 9.22. The molecule has 2 rings (SSSR count). The largest absolute Gasteiger partial charge is 0.281 e. The Bertz CT molecular complexity index is 555. The van der Waals surface area contributed by atoms with Gasteiger partial charge in [-0.25, -0.2) is 0 Å². The van der Waals surface area contributed by atoms with E-state index in [1.165, 1.54) is 16.7 Å². The molecule has 0 aromatic heterocycles. The topological polar surface area (TPSA) is 12.4 Å². The van der Waals surface area contributed by atoms with Gasteiger partial charge in [-0.3, -0.25) is 4.99 Å². The lowest BCUT2D eigenvalue weighted by Crippen LogP contribution is -2.09. The molecule has 2 aromatic rings. The van der Waals surface area contributed by atoms with Crippen LogP contribution in [0.5, 0.6) is 0 Å². The first-order valence-corrected chi connectivity index (χ1v) is 6.91. The van der Waals surface area contributed by atoms with E-state index in [-0.39, 0.29) is 0 Å². The Labute approximate surface area is 116 Å². The van der Waals surface area contributed by atoms with Crippen molar-refractivity contribution in [3.63, 3.8) is 0 Å². The summed E-state index contributed by atoms with van der Waals surface area (Å²) in [4.78, 5) is 4.91. The summed E-state index contributed by atoms with van der Waals surface area (Å²) in [5.74, 6) is 0. The molecule has 0 saturated carbocycles. The van der Waals surface area contributed by atoms with Crippen molar-refractivity contribution in [3.8, 4) is 0 Å². The third-order valence-corrected chi connectivity index (χ3v) is 3.39. The molecular weight excluding hydrogens is 230 g/mol. The maximum atomic E-state index is 4.91. The summed E-state index contributed by atoms with van der Waals surface area (Å²) in [6, 6.07) is 19.2. The zero-order chi connectivity index (χ0) is 13.7. The molecule has 1 heteroatoms. The zero-order valence-electron chi connectivity index (χ0n) is 11.9. The van der Waals surface area contributed by atoms with E-state index in [0.29, 0.717) is 6.04 Å². The van der Waals surface area contributed by atoms with Crippen molar-refractivity contribution in [1.29, 1.82) is 0 Å². The van der Waals surface area contributed by atoms with Crippen LogP contribution in [-0.4, -0.2) is 11.8 Å². The van der Waals surface area contributed by atoms with Gasteiger partial charge in [0.25, 0.3) is 0 Å². The predicted molar refractivity (Wildman–Crippen MR) is 83.0 cm³/mol. The highest BCUT2D eigenvalue weighted by Gasteiger charge is 2.10. The molecule has 0 radical (unpaired) electrons. The van der Waals surface area contributed by atoms with Gasteiger partial charge in [-0.1, -0.05) is 61.5 Å². The van der Waals surface area contributed by atoms with Crippen LogP contribution in [0, 0.1) is 6.92 Å². The van der Waals surface area contributed by atoms with Gasteiger partial charge in [-0.2, -0.15) is 0 Å². The first kappa shape index (κ1) is 13.5. The molecule has 98 valence electrons. The minimum absolute atomic E-state index is 0.342. The average Bonchev–Trinajstić information content (AvgIpc) is 2.46. The van der Waals surface area contributed by atoms with E-state index in [9.17, 15) is 0 Å². The number of nitrogens with zero attached hydrogens (tertiary/aromatic N) is 1. The van der Waals surface area contributed by atoms with Crippen molar-refractivity contribution in [2.45, 2.75) is 33.2 Å². The molecule has 0 aliphatic carbocycles. The summed E-state index contributed by atoms with van der Waals surface area (Å²) < 4.78 is 0. The number of rotatable bonds is 4. The van der Waals surface area contributed by atoms with E-state index in [2.05, 4.69) is 69.3 Å². The molecule has 0 saturated heterocycles. The number of benzene rings is 2. The second kappa shape index (κ2) is 6.33. The highest BCUT2D eigenvalue weighted by molar-refractivity contribution is 6.13. The van der Waals surface area contributed by atoms with Gasteiger partial charge in [0.05, 0.1) is 5.71 Å². The Morgan fingerprint density at radius 3 is 2.26 bits per heavy atom. The minimum atomic E-state index is 0.342. The molecule has 0 heterocycles. The molecule has 0 spiro atoms. The van der Waals surface area contributed by atoms with E-state index in [1.807, 2.05) is 6.07 Å². The maximum absolute atomic E-state index is 4.91. The molecule has 0 N–H and O–H groups in total. The minimum Gasteiger partial charge on any atom is -0.281 e. The van der Waals surface area contributed by atoms with Gasteiger partial charge < -0.3 is 0 Å². The van der Waals surface area contributed by atoms with E-state index in [4.69, 9.17) is 4.99 Å². The number of hydrogen-bond acceptors (Lipinski definition) is 1. The Balaban J connectivity index is 2.53. The van der Waals surface area contributed by atoms with Gasteiger partial charge in [0, 0.05) is 17.2 Å². The number of hydrogen-bond donors (Lipinski definition) is 0. The zero-order valence-corrected chi connectivity index (χ0v) is 11.9. The normalized spacial score (nSPS) is 13.3. The molecule has 0 aliphatic heterocycles. The van der Waals surface area contributed by atoms with Crippen LogP contribution in [0.1, 0.15) is 37.0 Å². The molecular formula is C18H21N. The Hall–Kier alpha value is -1.89.